The molecular formula is C20H23NO2. The third-order valence-electron chi connectivity index (χ3n) is 4.55. The zero-order chi connectivity index (χ0) is 16.1. The molecule has 2 atom stereocenters. The summed E-state index contributed by atoms with van der Waals surface area (Å²) >= 11 is 0. The van der Waals surface area contributed by atoms with Crippen LogP contribution in [0.3, 0.4) is 0 Å². The summed E-state index contributed by atoms with van der Waals surface area (Å²) in [7, 11) is 0. The lowest BCUT2D eigenvalue weighted by molar-refractivity contribution is -0.127. The van der Waals surface area contributed by atoms with Crippen molar-refractivity contribution in [3.63, 3.8) is 0 Å². The fourth-order valence-corrected chi connectivity index (χ4v) is 3.18. The number of amides is 1. The van der Waals surface area contributed by atoms with Crippen molar-refractivity contribution < 1.29 is 9.90 Å². The number of hydrogen-bond acceptors (Lipinski definition) is 2. The Bertz CT molecular complexity index is 636. The van der Waals surface area contributed by atoms with Gasteiger partial charge in [-0.15, -0.1) is 0 Å². The van der Waals surface area contributed by atoms with Crippen LogP contribution in [0.4, 0.5) is 0 Å². The molecule has 0 unspecified atom stereocenters. The lowest BCUT2D eigenvalue weighted by Crippen LogP contribution is -2.34. The lowest BCUT2D eigenvalue weighted by Gasteiger charge is -2.24. The highest BCUT2D eigenvalue weighted by Crippen LogP contribution is 2.24. The highest BCUT2D eigenvalue weighted by Gasteiger charge is 2.25. The molecule has 1 amide bonds. The van der Waals surface area contributed by atoms with Crippen LogP contribution in [0, 0.1) is 5.92 Å². The van der Waals surface area contributed by atoms with Gasteiger partial charge < -0.3 is 10.4 Å². The molecule has 2 aromatic carbocycles. The quantitative estimate of drug-likeness (QED) is 0.908. The van der Waals surface area contributed by atoms with Crippen LogP contribution in [-0.2, 0) is 11.3 Å². The van der Waals surface area contributed by atoms with E-state index in [0.717, 1.165) is 24.8 Å². The molecule has 3 nitrogen and oxygen atoms in total. The van der Waals surface area contributed by atoms with E-state index in [1.54, 1.807) is 0 Å². The SMILES string of the molecule is O=C(NCc1ccc(-c2ccccc2)cc1)[C@@H]1CCC[C@H](O)C1. The summed E-state index contributed by atoms with van der Waals surface area (Å²) < 4.78 is 0. The van der Waals surface area contributed by atoms with Gasteiger partial charge in [0.2, 0.25) is 5.91 Å². The molecule has 3 heteroatoms. The average molecular weight is 309 g/mol. The van der Waals surface area contributed by atoms with Crippen LogP contribution in [0.1, 0.15) is 31.2 Å². The van der Waals surface area contributed by atoms with Gasteiger partial charge in [0, 0.05) is 12.5 Å². The van der Waals surface area contributed by atoms with Gasteiger partial charge in [-0.3, -0.25) is 4.79 Å². The number of nitrogens with one attached hydrogen (secondary N) is 1. The number of rotatable bonds is 4. The van der Waals surface area contributed by atoms with E-state index in [0.29, 0.717) is 13.0 Å². The van der Waals surface area contributed by atoms with E-state index in [2.05, 4.69) is 41.7 Å². The highest BCUT2D eigenvalue weighted by atomic mass is 16.3. The van der Waals surface area contributed by atoms with Crippen molar-refractivity contribution in [1.82, 2.24) is 5.32 Å². The molecule has 3 rings (SSSR count). The van der Waals surface area contributed by atoms with Gasteiger partial charge in [0.15, 0.2) is 0 Å². The fraction of sp³-hybridized carbons (Fsp3) is 0.350. The van der Waals surface area contributed by atoms with Crippen LogP contribution in [0.2, 0.25) is 0 Å². The molecule has 23 heavy (non-hydrogen) atoms. The molecule has 0 heterocycles. The van der Waals surface area contributed by atoms with Crippen molar-refractivity contribution >= 4 is 5.91 Å². The zero-order valence-electron chi connectivity index (χ0n) is 13.2. The van der Waals surface area contributed by atoms with E-state index in [-0.39, 0.29) is 17.9 Å². The Morgan fingerprint density at radius 2 is 1.70 bits per heavy atom. The molecule has 1 fully saturated rings. The monoisotopic (exact) mass is 309 g/mol. The van der Waals surface area contributed by atoms with E-state index >= 15 is 0 Å². The maximum atomic E-state index is 12.2. The molecule has 2 N–H and O–H groups in total. The van der Waals surface area contributed by atoms with Crippen LogP contribution < -0.4 is 5.32 Å². The summed E-state index contributed by atoms with van der Waals surface area (Å²) in [5.74, 6) is 0.0261. The predicted molar refractivity (Wildman–Crippen MR) is 91.7 cm³/mol. The molecule has 0 aliphatic heterocycles. The van der Waals surface area contributed by atoms with Gasteiger partial charge in [0.25, 0.3) is 0 Å². The smallest absolute Gasteiger partial charge is 0.223 e. The maximum Gasteiger partial charge on any atom is 0.223 e. The standard InChI is InChI=1S/C20H23NO2/c22-19-8-4-7-18(13-19)20(23)21-14-15-9-11-17(12-10-15)16-5-2-1-3-6-16/h1-3,5-6,9-12,18-19,22H,4,7-8,13-14H2,(H,21,23)/t18-,19+/m1/s1. The average Bonchev–Trinajstić information content (AvgIpc) is 2.61. The zero-order valence-corrected chi connectivity index (χ0v) is 13.2. The molecule has 1 aliphatic carbocycles. The van der Waals surface area contributed by atoms with Crippen molar-refractivity contribution in [1.29, 1.82) is 0 Å². The maximum absolute atomic E-state index is 12.2. The largest absolute Gasteiger partial charge is 0.393 e. The molecule has 2 aromatic rings. The Morgan fingerprint density at radius 3 is 2.39 bits per heavy atom. The minimum absolute atomic E-state index is 0.0395. The number of hydrogen-bond donors (Lipinski definition) is 2. The molecular weight excluding hydrogens is 286 g/mol. The first-order chi connectivity index (χ1) is 11.2. The van der Waals surface area contributed by atoms with Gasteiger partial charge in [0.05, 0.1) is 6.10 Å². The second-order valence-corrected chi connectivity index (χ2v) is 6.30. The number of aliphatic hydroxyl groups excluding tert-OH is 1. The third kappa shape index (κ3) is 4.20. The number of carbonyl (C=O) groups excluding carboxylic acids is 1. The third-order valence-corrected chi connectivity index (χ3v) is 4.55. The molecule has 0 saturated heterocycles. The van der Waals surface area contributed by atoms with Gasteiger partial charge in [-0.25, -0.2) is 0 Å². The second kappa shape index (κ2) is 7.42. The van der Waals surface area contributed by atoms with Gasteiger partial charge >= 0.3 is 0 Å². The number of benzene rings is 2. The highest BCUT2D eigenvalue weighted by molar-refractivity contribution is 5.78. The van der Waals surface area contributed by atoms with Crippen molar-refractivity contribution in [2.24, 2.45) is 5.92 Å². The van der Waals surface area contributed by atoms with Gasteiger partial charge in [0.1, 0.15) is 0 Å². The van der Waals surface area contributed by atoms with Crippen molar-refractivity contribution in [3.05, 3.63) is 60.2 Å². The van der Waals surface area contributed by atoms with E-state index in [4.69, 9.17) is 0 Å². The summed E-state index contributed by atoms with van der Waals surface area (Å²) in [6, 6.07) is 18.5. The normalized spacial score (nSPS) is 20.9. The molecule has 120 valence electrons. The topological polar surface area (TPSA) is 49.3 Å². The van der Waals surface area contributed by atoms with Crippen molar-refractivity contribution in [2.45, 2.75) is 38.3 Å². The van der Waals surface area contributed by atoms with Gasteiger partial charge in [-0.05, 0) is 36.0 Å². The summed E-state index contributed by atoms with van der Waals surface area (Å²) in [4.78, 5) is 12.2. The second-order valence-electron chi connectivity index (χ2n) is 6.30. The summed E-state index contributed by atoms with van der Waals surface area (Å²) in [5, 5.41) is 12.7. The minimum Gasteiger partial charge on any atom is -0.393 e. The minimum atomic E-state index is -0.315. The molecule has 0 bridgehead atoms. The molecule has 1 aliphatic rings. The van der Waals surface area contributed by atoms with E-state index < -0.39 is 0 Å². The molecule has 1 saturated carbocycles. The first-order valence-electron chi connectivity index (χ1n) is 8.32. The first-order valence-corrected chi connectivity index (χ1v) is 8.32. The summed E-state index contributed by atoms with van der Waals surface area (Å²) in [6.07, 6.45) is 2.93. The Kier molecular flexibility index (Phi) is 5.09. The van der Waals surface area contributed by atoms with Crippen molar-refractivity contribution in [2.75, 3.05) is 0 Å². The lowest BCUT2D eigenvalue weighted by atomic mass is 9.86. The van der Waals surface area contributed by atoms with E-state index in [1.807, 2.05) is 18.2 Å². The summed E-state index contributed by atoms with van der Waals surface area (Å²) in [5.41, 5.74) is 3.46. The Labute approximate surface area is 137 Å². The van der Waals surface area contributed by atoms with Gasteiger partial charge in [-0.1, -0.05) is 61.0 Å². The fourth-order valence-electron chi connectivity index (χ4n) is 3.18. The van der Waals surface area contributed by atoms with Gasteiger partial charge in [-0.2, -0.15) is 0 Å². The number of carbonyl (C=O) groups is 1. The van der Waals surface area contributed by atoms with E-state index in [9.17, 15) is 9.90 Å². The Morgan fingerprint density at radius 1 is 1.00 bits per heavy atom. The first kappa shape index (κ1) is 15.8. The van der Waals surface area contributed by atoms with Crippen LogP contribution in [0.25, 0.3) is 11.1 Å². The number of aliphatic hydroxyl groups is 1. The summed E-state index contributed by atoms with van der Waals surface area (Å²) in [6.45, 7) is 0.542. The Balaban J connectivity index is 1.55. The van der Waals surface area contributed by atoms with Crippen molar-refractivity contribution in [3.8, 4) is 11.1 Å². The predicted octanol–water partition coefficient (Wildman–Crippen LogP) is 3.52. The Hall–Kier alpha value is -2.13. The molecule has 0 aromatic heterocycles. The molecule has 0 radical (unpaired) electrons. The van der Waals surface area contributed by atoms with Crippen LogP contribution in [0.15, 0.2) is 54.6 Å². The molecule has 0 spiro atoms. The van der Waals surface area contributed by atoms with E-state index in [1.165, 1.54) is 11.1 Å². The van der Waals surface area contributed by atoms with Crippen LogP contribution >= 0.6 is 0 Å². The van der Waals surface area contributed by atoms with Crippen LogP contribution in [0.5, 0.6) is 0 Å². The van der Waals surface area contributed by atoms with Crippen LogP contribution in [-0.4, -0.2) is 17.1 Å².